The Balaban J connectivity index is 1.36. The number of nitrogens with one attached hydrogen (secondary N) is 1. The molecule has 1 saturated heterocycles. The van der Waals surface area contributed by atoms with Crippen LogP contribution in [0.25, 0.3) is 0 Å². The van der Waals surface area contributed by atoms with Crippen molar-refractivity contribution in [2.75, 3.05) is 32.7 Å². The van der Waals surface area contributed by atoms with E-state index >= 15 is 0 Å². The van der Waals surface area contributed by atoms with Crippen LogP contribution < -0.4 is 5.32 Å². The Morgan fingerprint density at radius 1 is 1.13 bits per heavy atom. The molecular formula is C17H22N4O2. The fourth-order valence-corrected chi connectivity index (χ4v) is 2.68. The van der Waals surface area contributed by atoms with Crippen molar-refractivity contribution in [1.82, 2.24) is 20.1 Å². The van der Waals surface area contributed by atoms with Gasteiger partial charge in [-0.3, -0.25) is 19.6 Å². The molecule has 122 valence electrons. The molecule has 1 N–H and O–H groups in total. The van der Waals surface area contributed by atoms with Crippen molar-refractivity contribution in [3.05, 3.63) is 54.2 Å². The zero-order valence-electron chi connectivity index (χ0n) is 13.1. The van der Waals surface area contributed by atoms with Gasteiger partial charge in [0.2, 0.25) is 5.91 Å². The van der Waals surface area contributed by atoms with E-state index in [2.05, 4.69) is 20.1 Å². The highest BCUT2D eigenvalue weighted by Crippen LogP contribution is 2.08. The van der Waals surface area contributed by atoms with Gasteiger partial charge in [0.05, 0.1) is 31.6 Å². The summed E-state index contributed by atoms with van der Waals surface area (Å²) in [7, 11) is 0. The SMILES string of the molecule is O=C(CN1CCN(Cc2ccco2)CC1)NCc1ccccn1. The number of hydrogen-bond acceptors (Lipinski definition) is 5. The van der Waals surface area contributed by atoms with Crippen LogP contribution >= 0.6 is 0 Å². The summed E-state index contributed by atoms with van der Waals surface area (Å²) in [5.41, 5.74) is 0.879. The van der Waals surface area contributed by atoms with Crippen molar-refractivity contribution in [2.24, 2.45) is 0 Å². The minimum Gasteiger partial charge on any atom is -0.468 e. The predicted octanol–water partition coefficient (Wildman–Crippen LogP) is 1.11. The Hall–Kier alpha value is -2.18. The number of hydrogen-bond donors (Lipinski definition) is 1. The number of amides is 1. The number of piperazine rings is 1. The van der Waals surface area contributed by atoms with Gasteiger partial charge in [-0.05, 0) is 24.3 Å². The van der Waals surface area contributed by atoms with Gasteiger partial charge in [-0.1, -0.05) is 6.07 Å². The van der Waals surface area contributed by atoms with Crippen LogP contribution in [0, 0.1) is 0 Å². The molecule has 6 nitrogen and oxygen atoms in total. The smallest absolute Gasteiger partial charge is 0.234 e. The number of rotatable bonds is 6. The van der Waals surface area contributed by atoms with Crippen LogP contribution in [0.3, 0.4) is 0 Å². The summed E-state index contributed by atoms with van der Waals surface area (Å²) >= 11 is 0. The average Bonchev–Trinajstić information content (AvgIpc) is 3.09. The van der Waals surface area contributed by atoms with Gasteiger partial charge in [0.1, 0.15) is 5.76 Å². The molecule has 0 radical (unpaired) electrons. The highest BCUT2D eigenvalue weighted by atomic mass is 16.3. The lowest BCUT2D eigenvalue weighted by Crippen LogP contribution is -2.49. The minimum absolute atomic E-state index is 0.0511. The summed E-state index contributed by atoms with van der Waals surface area (Å²) in [6.07, 6.45) is 3.44. The topological polar surface area (TPSA) is 61.6 Å². The van der Waals surface area contributed by atoms with Crippen molar-refractivity contribution in [2.45, 2.75) is 13.1 Å². The fourth-order valence-electron chi connectivity index (χ4n) is 2.68. The number of furan rings is 1. The summed E-state index contributed by atoms with van der Waals surface area (Å²) in [6.45, 7) is 5.48. The molecule has 1 aliphatic heterocycles. The Labute approximate surface area is 136 Å². The fraction of sp³-hybridized carbons (Fsp3) is 0.412. The van der Waals surface area contributed by atoms with E-state index in [1.165, 1.54) is 0 Å². The highest BCUT2D eigenvalue weighted by Gasteiger charge is 2.19. The molecule has 1 aliphatic rings. The second-order valence-corrected chi connectivity index (χ2v) is 5.73. The molecule has 0 saturated carbocycles. The molecule has 3 rings (SSSR count). The van der Waals surface area contributed by atoms with Gasteiger partial charge in [0.25, 0.3) is 0 Å². The van der Waals surface area contributed by atoms with E-state index in [4.69, 9.17) is 4.42 Å². The van der Waals surface area contributed by atoms with E-state index in [1.54, 1.807) is 12.5 Å². The minimum atomic E-state index is 0.0511. The second-order valence-electron chi connectivity index (χ2n) is 5.73. The molecule has 0 aliphatic carbocycles. The van der Waals surface area contributed by atoms with Crippen molar-refractivity contribution in [1.29, 1.82) is 0 Å². The third-order valence-electron chi connectivity index (χ3n) is 3.98. The quantitative estimate of drug-likeness (QED) is 0.865. The zero-order valence-corrected chi connectivity index (χ0v) is 13.1. The summed E-state index contributed by atoms with van der Waals surface area (Å²) in [4.78, 5) is 20.7. The van der Waals surface area contributed by atoms with Crippen LogP contribution in [-0.4, -0.2) is 53.4 Å². The van der Waals surface area contributed by atoms with Gasteiger partial charge in [-0.25, -0.2) is 0 Å². The largest absolute Gasteiger partial charge is 0.468 e. The van der Waals surface area contributed by atoms with Crippen LogP contribution in [0.15, 0.2) is 47.2 Å². The molecule has 2 aromatic rings. The standard InChI is InChI=1S/C17H22N4O2/c22-17(19-12-15-4-1-2-6-18-15)14-21-9-7-20(8-10-21)13-16-5-3-11-23-16/h1-6,11H,7-10,12-14H2,(H,19,22). The Morgan fingerprint density at radius 2 is 1.96 bits per heavy atom. The Kier molecular flexibility index (Phi) is 5.39. The maximum Gasteiger partial charge on any atom is 0.234 e. The van der Waals surface area contributed by atoms with Crippen molar-refractivity contribution < 1.29 is 9.21 Å². The normalized spacial score (nSPS) is 16.3. The Bertz CT molecular complexity index is 592. The van der Waals surface area contributed by atoms with Crippen LogP contribution in [0.4, 0.5) is 0 Å². The van der Waals surface area contributed by atoms with E-state index in [-0.39, 0.29) is 5.91 Å². The van der Waals surface area contributed by atoms with Gasteiger partial charge in [-0.15, -0.1) is 0 Å². The Morgan fingerprint density at radius 3 is 2.65 bits per heavy atom. The molecule has 0 atom stereocenters. The van der Waals surface area contributed by atoms with Crippen LogP contribution in [-0.2, 0) is 17.9 Å². The van der Waals surface area contributed by atoms with Gasteiger partial charge >= 0.3 is 0 Å². The lowest BCUT2D eigenvalue weighted by molar-refractivity contribution is -0.122. The average molecular weight is 314 g/mol. The third-order valence-corrected chi connectivity index (χ3v) is 3.98. The van der Waals surface area contributed by atoms with E-state index in [0.29, 0.717) is 13.1 Å². The van der Waals surface area contributed by atoms with Crippen LogP contribution in [0.1, 0.15) is 11.5 Å². The number of carbonyl (C=O) groups excluding carboxylic acids is 1. The number of aromatic nitrogens is 1. The molecule has 2 aromatic heterocycles. The van der Waals surface area contributed by atoms with Gasteiger partial charge < -0.3 is 9.73 Å². The first-order valence-corrected chi connectivity index (χ1v) is 7.93. The summed E-state index contributed by atoms with van der Waals surface area (Å²) < 4.78 is 5.38. The number of carbonyl (C=O) groups is 1. The molecule has 0 unspecified atom stereocenters. The number of pyridine rings is 1. The van der Waals surface area contributed by atoms with Crippen LogP contribution in [0.2, 0.25) is 0 Å². The summed E-state index contributed by atoms with van der Waals surface area (Å²) in [5.74, 6) is 1.04. The first-order chi connectivity index (χ1) is 11.3. The molecule has 0 spiro atoms. The molecular weight excluding hydrogens is 292 g/mol. The van der Waals surface area contributed by atoms with Crippen LogP contribution in [0.5, 0.6) is 0 Å². The molecule has 3 heterocycles. The predicted molar refractivity (Wildman–Crippen MR) is 86.5 cm³/mol. The maximum atomic E-state index is 12.0. The first-order valence-electron chi connectivity index (χ1n) is 7.93. The van der Waals surface area contributed by atoms with Crippen molar-refractivity contribution in [3.8, 4) is 0 Å². The monoisotopic (exact) mass is 314 g/mol. The van der Waals surface area contributed by atoms with Crippen molar-refractivity contribution in [3.63, 3.8) is 0 Å². The molecule has 6 heteroatoms. The molecule has 1 fully saturated rings. The highest BCUT2D eigenvalue weighted by molar-refractivity contribution is 5.77. The van der Waals surface area contributed by atoms with Gasteiger partial charge in [0, 0.05) is 32.4 Å². The molecule has 23 heavy (non-hydrogen) atoms. The first kappa shape index (κ1) is 15.7. The number of nitrogens with zero attached hydrogens (tertiary/aromatic N) is 3. The van der Waals surface area contributed by atoms with E-state index in [9.17, 15) is 4.79 Å². The second kappa shape index (κ2) is 7.89. The zero-order chi connectivity index (χ0) is 15.9. The maximum absolute atomic E-state index is 12.0. The molecule has 0 aromatic carbocycles. The van der Waals surface area contributed by atoms with Crippen molar-refractivity contribution >= 4 is 5.91 Å². The lowest BCUT2D eigenvalue weighted by atomic mass is 10.3. The lowest BCUT2D eigenvalue weighted by Gasteiger charge is -2.33. The van der Waals surface area contributed by atoms with Gasteiger partial charge in [0.15, 0.2) is 0 Å². The van der Waals surface area contributed by atoms with E-state index in [0.717, 1.165) is 44.2 Å². The summed E-state index contributed by atoms with van der Waals surface area (Å²) in [6, 6.07) is 9.61. The van der Waals surface area contributed by atoms with E-state index < -0.39 is 0 Å². The van der Waals surface area contributed by atoms with E-state index in [1.807, 2.05) is 30.3 Å². The molecule has 1 amide bonds. The molecule has 0 bridgehead atoms. The third kappa shape index (κ3) is 4.91. The van der Waals surface area contributed by atoms with Gasteiger partial charge in [-0.2, -0.15) is 0 Å². The summed E-state index contributed by atoms with van der Waals surface area (Å²) in [5, 5.41) is 2.92.